The van der Waals surface area contributed by atoms with E-state index in [0.29, 0.717) is 25.4 Å². The number of ether oxygens (including phenoxy) is 1. The van der Waals surface area contributed by atoms with E-state index in [0.717, 1.165) is 35.1 Å². The summed E-state index contributed by atoms with van der Waals surface area (Å²) in [6, 6.07) is 5.96. The molecule has 1 aromatic heterocycles. The molecule has 1 aliphatic rings. The molecule has 1 aliphatic heterocycles. The van der Waals surface area contributed by atoms with Gasteiger partial charge in [-0.1, -0.05) is 6.58 Å². The third-order valence-electron chi connectivity index (χ3n) is 4.51. The Hall–Kier alpha value is -2.67. The number of likely N-dealkylation sites (tertiary alicyclic amines) is 1. The first-order valence-electron chi connectivity index (χ1n) is 8.80. The lowest BCUT2D eigenvalue weighted by atomic mass is 9.91. The van der Waals surface area contributed by atoms with Gasteiger partial charge in [0.2, 0.25) is 0 Å². The maximum Gasteiger partial charge on any atom is 0.414 e. The maximum atomic E-state index is 12.0. The number of hydrogen-bond donors (Lipinski definition) is 2. The number of nitrogens with one attached hydrogen (secondary N) is 1. The number of rotatable bonds is 5. The Balaban J connectivity index is 1.73. The molecule has 2 heterocycles. The first kappa shape index (κ1) is 18.1. The Morgan fingerprint density at radius 1 is 1.38 bits per heavy atom. The summed E-state index contributed by atoms with van der Waals surface area (Å²) in [5.74, 6) is 0.690. The molecule has 138 valence electrons. The fraction of sp³-hybridized carbons (Fsp3) is 0.421. The lowest BCUT2D eigenvalue weighted by Crippen LogP contribution is -2.38. The Labute approximate surface area is 152 Å². The van der Waals surface area contributed by atoms with Gasteiger partial charge in [0.1, 0.15) is 6.33 Å². The molecule has 3 rings (SSSR count). The number of amides is 1. The smallest absolute Gasteiger partial charge is 0.414 e. The van der Waals surface area contributed by atoms with Crippen molar-refractivity contribution in [1.29, 1.82) is 0 Å². The van der Waals surface area contributed by atoms with E-state index in [4.69, 9.17) is 9.84 Å². The van der Waals surface area contributed by atoms with Gasteiger partial charge in [-0.3, -0.25) is 0 Å². The van der Waals surface area contributed by atoms with E-state index in [2.05, 4.69) is 21.9 Å². The minimum absolute atomic E-state index is 0.0828. The minimum atomic E-state index is -0.330. The van der Waals surface area contributed by atoms with E-state index in [1.807, 2.05) is 18.2 Å². The molecule has 1 amide bonds. The van der Waals surface area contributed by atoms with Crippen molar-refractivity contribution in [2.24, 2.45) is 0 Å². The van der Waals surface area contributed by atoms with Gasteiger partial charge in [-0.05, 0) is 38.0 Å². The quantitative estimate of drug-likeness (QED) is 0.801. The second kappa shape index (κ2) is 8.14. The van der Waals surface area contributed by atoms with Crippen molar-refractivity contribution in [3.05, 3.63) is 42.6 Å². The number of nitrogens with zero attached hydrogens (tertiary/aromatic N) is 3. The fourth-order valence-electron chi connectivity index (χ4n) is 3.26. The van der Waals surface area contributed by atoms with Crippen molar-refractivity contribution in [3.8, 4) is 0 Å². The molecule has 0 unspecified atom stereocenters. The van der Waals surface area contributed by atoms with E-state index < -0.39 is 0 Å². The van der Waals surface area contributed by atoms with Crippen molar-refractivity contribution in [3.63, 3.8) is 0 Å². The second-order valence-electron chi connectivity index (χ2n) is 6.47. The number of hydrogen-bond acceptors (Lipinski definition) is 6. The number of aliphatic hydroxyl groups excluding tert-OH is 1. The van der Waals surface area contributed by atoms with Gasteiger partial charge in [0.25, 0.3) is 0 Å². The monoisotopic (exact) mass is 356 g/mol. The Bertz CT molecular complexity index is 800. The molecule has 1 aromatic carbocycles. The van der Waals surface area contributed by atoms with E-state index in [1.54, 1.807) is 18.2 Å². The molecule has 2 N–H and O–H groups in total. The zero-order valence-electron chi connectivity index (χ0n) is 14.9. The van der Waals surface area contributed by atoms with Crippen LogP contribution in [0.3, 0.4) is 0 Å². The predicted molar refractivity (Wildman–Crippen MR) is 100.0 cm³/mol. The Morgan fingerprint density at radius 3 is 2.85 bits per heavy atom. The highest BCUT2D eigenvalue weighted by Crippen LogP contribution is 2.32. The molecular formula is C19H24N4O3. The number of allylic oxidation sites excluding steroid dienone is 1. The SMILES string of the molecule is C=C(C)OC(=O)N1CCC(c2ncnc3cc(NCCO)ccc23)CC1. The molecule has 26 heavy (non-hydrogen) atoms. The summed E-state index contributed by atoms with van der Waals surface area (Å²) in [5, 5.41) is 13.1. The number of aliphatic hydroxyl groups is 1. The summed E-state index contributed by atoms with van der Waals surface area (Å²) in [4.78, 5) is 22.6. The summed E-state index contributed by atoms with van der Waals surface area (Å²) < 4.78 is 5.09. The molecule has 0 saturated carbocycles. The first-order valence-corrected chi connectivity index (χ1v) is 8.80. The summed E-state index contributed by atoms with van der Waals surface area (Å²) in [7, 11) is 0. The van der Waals surface area contributed by atoms with Crippen molar-refractivity contribution in [1.82, 2.24) is 14.9 Å². The van der Waals surface area contributed by atoms with Gasteiger partial charge in [0, 0.05) is 36.6 Å². The zero-order valence-corrected chi connectivity index (χ0v) is 14.9. The van der Waals surface area contributed by atoms with Gasteiger partial charge in [0.15, 0.2) is 0 Å². The van der Waals surface area contributed by atoms with Crippen molar-refractivity contribution in [2.75, 3.05) is 31.6 Å². The molecule has 7 heteroatoms. The fourth-order valence-corrected chi connectivity index (χ4v) is 3.26. The summed E-state index contributed by atoms with van der Waals surface area (Å²) in [6.45, 7) is 7.13. The van der Waals surface area contributed by atoms with Crippen molar-refractivity contribution >= 4 is 22.7 Å². The highest BCUT2D eigenvalue weighted by Gasteiger charge is 2.26. The van der Waals surface area contributed by atoms with Crippen LogP contribution < -0.4 is 5.32 Å². The number of fused-ring (bicyclic) bond motifs is 1. The van der Waals surface area contributed by atoms with Gasteiger partial charge >= 0.3 is 6.09 Å². The molecule has 0 atom stereocenters. The van der Waals surface area contributed by atoms with Crippen LogP contribution in [0.15, 0.2) is 36.9 Å². The van der Waals surface area contributed by atoms with Crippen LogP contribution in [-0.2, 0) is 4.74 Å². The summed E-state index contributed by atoms with van der Waals surface area (Å²) in [6.07, 6.45) is 2.93. The average molecular weight is 356 g/mol. The summed E-state index contributed by atoms with van der Waals surface area (Å²) >= 11 is 0. The zero-order chi connectivity index (χ0) is 18.5. The van der Waals surface area contributed by atoms with Gasteiger partial charge in [0.05, 0.1) is 23.6 Å². The topological polar surface area (TPSA) is 87.6 Å². The highest BCUT2D eigenvalue weighted by atomic mass is 16.6. The van der Waals surface area contributed by atoms with Crippen LogP contribution >= 0.6 is 0 Å². The predicted octanol–water partition coefficient (Wildman–Crippen LogP) is 2.88. The van der Waals surface area contributed by atoms with Crippen molar-refractivity contribution in [2.45, 2.75) is 25.7 Å². The molecule has 1 saturated heterocycles. The number of aromatic nitrogens is 2. The number of carbonyl (C=O) groups excluding carboxylic acids is 1. The van der Waals surface area contributed by atoms with Crippen LogP contribution in [0.4, 0.5) is 10.5 Å². The molecule has 2 aromatic rings. The third kappa shape index (κ3) is 4.11. The number of carbonyl (C=O) groups is 1. The van der Waals surface area contributed by atoms with Crippen LogP contribution in [0.25, 0.3) is 10.9 Å². The van der Waals surface area contributed by atoms with Gasteiger partial charge in [-0.15, -0.1) is 0 Å². The van der Waals surface area contributed by atoms with E-state index in [-0.39, 0.29) is 18.6 Å². The van der Waals surface area contributed by atoms with Crippen LogP contribution in [0.2, 0.25) is 0 Å². The van der Waals surface area contributed by atoms with Gasteiger partial charge < -0.3 is 20.1 Å². The van der Waals surface area contributed by atoms with E-state index in [1.165, 1.54) is 0 Å². The Kier molecular flexibility index (Phi) is 5.68. The Morgan fingerprint density at radius 2 is 2.15 bits per heavy atom. The lowest BCUT2D eigenvalue weighted by molar-refractivity contribution is 0.117. The highest BCUT2D eigenvalue weighted by molar-refractivity contribution is 5.84. The van der Waals surface area contributed by atoms with E-state index >= 15 is 0 Å². The van der Waals surface area contributed by atoms with Crippen LogP contribution in [0.1, 0.15) is 31.4 Å². The largest absolute Gasteiger partial charge is 0.416 e. The lowest BCUT2D eigenvalue weighted by Gasteiger charge is -2.31. The van der Waals surface area contributed by atoms with Crippen LogP contribution in [-0.4, -0.2) is 52.3 Å². The first-order chi connectivity index (χ1) is 12.6. The molecule has 1 fully saturated rings. The van der Waals surface area contributed by atoms with Gasteiger partial charge in [-0.2, -0.15) is 0 Å². The third-order valence-corrected chi connectivity index (χ3v) is 4.51. The standard InChI is InChI=1S/C19H24N4O3/c1-13(2)26-19(25)23-8-5-14(6-9-23)18-16-4-3-15(20-7-10-24)11-17(16)21-12-22-18/h3-4,11-12,14,20,24H,1,5-10H2,2H3. The number of benzene rings is 1. The summed E-state index contributed by atoms with van der Waals surface area (Å²) in [5.41, 5.74) is 2.83. The van der Waals surface area contributed by atoms with Crippen LogP contribution in [0.5, 0.6) is 0 Å². The maximum absolute atomic E-state index is 12.0. The van der Waals surface area contributed by atoms with Gasteiger partial charge in [-0.25, -0.2) is 14.8 Å². The normalized spacial score (nSPS) is 15.1. The molecule has 0 bridgehead atoms. The number of piperidine rings is 1. The molecule has 7 nitrogen and oxygen atoms in total. The van der Waals surface area contributed by atoms with Crippen LogP contribution in [0, 0.1) is 0 Å². The second-order valence-corrected chi connectivity index (χ2v) is 6.47. The molecule has 0 radical (unpaired) electrons. The number of anilines is 1. The average Bonchev–Trinajstić information content (AvgIpc) is 2.65. The minimum Gasteiger partial charge on any atom is -0.416 e. The van der Waals surface area contributed by atoms with Crippen molar-refractivity contribution < 1.29 is 14.6 Å². The van der Waals surface area contributed by atoms with E-state index in [9.17, 15) is 4.79 Å². The molecular weight excluding hydrogens is 332 g/mol. The molecule has 0 spiro atoms. The molecule has 0 aliphatic carbocycles.